The number of hydrogen-bond acceptors (Lipinski definition) is 3. The number of allylic oxidation sites excluding steroid dienone is 1. The molecule has 0 fully saturated rings. The van der Waals surface area contributed by atoms with E-state index < -0.39 is 6.04 Å². The van der Waals surface area contributed by atoms with Crippen LogP contribution < -0.4 is 10.5 Å². The van der Waals surface area contributed by atoms with Crippen molar-refractivity contribution in [2.75, 3.05) is 5.75 Å². The molecular formula is C10H20N2OS. The molecule has 0 aromatic heterocycles. The van der Waals surface area contributed by atoms with Gasteiger partial charge >= 0.3 is 0 Å². The normalized spacial score (nSPS) is 13.1. The van der Waals surface area contributed by atoms with E-state index in [-0.39, 0.29) is 5.91 Å². The molecule has 82 valence electrons. The number of nitrogens with one attached hydrogen (secondary N) is 1. The third kappa shape index (κ3) is 6.97. The second kappa shape index (κ2) is 9.09. The molecule has 0 radical (unpaired) electrons. The van der Waals surface area contributed by atoms with Crippen LogP contribution in [0.15, 0.2) is 12.2 Å². The van der Waals surface area contributed by atoms with Gasteiger partial charge in [0.1, 0.15) is 0 Å². The lowest BCUT2D eigenvalue weighted by Gasteiger charge is -2.08. The molecule has 0 saturated carbocycles. The Labute approximate surface area is 90.6 Å². The summed E-state index contributed by atoms with van der Waals surface area (Å²) in [5, 5.41) is 0. The van der Waals surface area contributed by atoms with Gasteiger partial charge in [0.05, 0.1) is 6.04 Å². The van der Waals surface area contributed by atoms with Crippen LogP contribution in [0, 0.1) is 0 Å². The molecule has 3 N–H and O–H groups in total. The summed E-state index contributed by atoms with van der Waals surface area (Å²) in [4.78, 5) is 11.3. The van der Waals surface area contributed by atoms with E-state index in [0.29, 0.717) is 6.42 Å². The van der Waals surface area contributed by atoms with Crippen LogP contribution in [-0.4, -0.2) is 17.7 Å². The van der Waals surface area contributed by atoms with Gasteiger partial charge in [-0.25, -0.2) is 0 Å². The second-order valence-electron chi connectivity index (χ2n) is 3.00. The molecule has 0 aromatic rings. The zero-order valence-corrected chi connectivity index (χ0v) is 9.77. The van der Waals surface area contributed by atoms with E-state index in [1.54, 1.807) is 0 Å². The van der Waals surface area contributed by atoms with Gasteiger partial charge in [-0.05, 0) is 12.8 Å². The number of hydrogen-bond donors (Lipinski definition) is 2. The molecule has 14 heavy (non-hydrogen) atoms. The summed E-state index contributed by atoms with van der Waals surface area (Å²) >= 11 is 1.38. The first kappa shape index (κ1) is 13.5. The summed E-state index contributed by atoms with van der Waals surface area (Å²) in [6.07, 6.45) is 6.85. The minimum Gasteiger partial charge on any atom is -0.320 e. The van der Waals surface area contributed by atoms with Crippen molar-refractivity contribution in [1.82, 2.24) is 4.72 Å². The van der Waals surface area contributed by atoms with Gasteiger partial charge in [0.2, 0.25) is 5.91 Å². The molecule has 0 aliphatic carbocycles. The van der Waals surface area contributed by atoms with Crippen molar-refractivity contribution >= 4 is 17.9 Å². The molecule has 0 saturated heterocycles. The van der Waals surface area contributed by atoms with Crippen LogP contribution in [0.3, 0.4) is 0 Å². The van der Waals surface area contributed by atoms with E-state index in [1.807, 2.05) is 13.0 Å². The monoisotopic (exact) mass is 216 g/mol. The van der Waals surface area contributed by atoms with E-state index in [1.165, 1.54) is 11.9 Å². The minimum atomic E-state index is -0.415. The zero-order valence-electron chi connectivity index (χ0n) is 8.95. The van der Waals surface area contributed by atoms with Crippen molar-refractivity contribution in [3.05, 3.63) is 12.2 Å². The number of nitrogens with two attached hydrogens (primary N) is 1. The zero-order chi connectivity index (χ0) is 10.8. The van der Waals surface area contributed by atoms with Gasteiger partial charge in [0, 0.05) is 5.75 Å². The van der Waals surface area contributed by atoms with Crippen LogP contribution in [0.4, 0.5) is 0 Å². The van der Waals surface area contributed by atoms with Crippen molar-refractivity contribution in [3.8, 4) is 0 Å². The van der Waals surface area contributed by atoms with E-state index >= 15 is 0 Å². The van der Waals surface area contributed by atoms with Crippen molar-refractivity contribution in [1.29, 1.82) is 0 Å². The van der Waals surface area contributed by atoms with Crippen LogP contribution in [0.25, 0.3) is 0 Å². The maximum absolute atomic E-state index is 11.3. The van der Waals surface area contributed by atoms with Gasteiger partial charge in [0.25, 0.3) is 0 Å². The van der Waals surface area contributed by atoms with Crippen LogP contribution in [0.2, 0.25) is 0 Å². The Morgan fingerprint density at radius 2 is 2.21 bits per heavy atom. The van der Waals surface area contributed by atoms with Crippen LogP contribution in [0.5, 0.6) is 0 Å². The smallest absolute Gasteiger partial charge is 0.247 e. The van der Waals surface area contributed by atoms with Crippen molar-refractivity contribution in [3.63, 3.8) is 0 Å². The molecule has 1 atom stereocenters. The second-order valence-corrected chi connectivity index (χ2v) is 4.07. The number of carbonyl (C=O) groups excluding carboxylic acids is 1. The minimum absolute atomic E-state index is 0.0852. The third-order valence-corrected chi connectivity index (χ3v) is 2.30. The number of amides is 1. The lowest BCUT2D eigenvalue weighted by atomic mass is 10.2. The Hall–Kier alpha value is -0.480. The lowest BCUT2D eigenvalue weighted by Crippen LogP contribution is -2.37. The van der Waals surface area contributed by atoms with Crippen molar-refractivity contribution in [2.45, 2.75) is 39.2 Å². The highest BCUT2D eigenvalue weighted by molar-refractivity contribution is 7.97. The Bertz CT molecular complexity index is 183. The molecule has 0 aliphatic rings. The van der Waals surface area contributed by atoms with Gasteiger partial charge in [0.15, 0.2) is 0 Å². The lowest BCUT2D eigenvalue weighted by molar-refractivity contribution is -0.120. The number of rotatable bonds is 7. The summed E-state index contributed by atoms with van der Waals surface area (Å²) in [6, 6.07) is -0.415. The highest BCUT2D eigenvalue weighted by atomic mass is 32.2. The first-order valence-corrected chi connectivity index (χ1v) is 6.03. The summed E-state index contributed by atoms with van der Waals surface area (Å²) in [6.45, 7) is 4.10. The van der Waals surface area contributed by atoms with E-state index in [0.717, 1.165) is 18.6 Å². The Balaban J connectivity index is 3.61. The molecule has 1 amide bonds. The van der Waals surface area contributed by atoms with E-state index in [4.69, 9.17) is 5.73 Å². The topological polar surface area (TPSA) is 55.1 Å². The van der Waals surface area contributed by atoms with Crippen molar-refractivity contribution < 1.29 is 4.79 Å². The summed E-state index contributed by atoms with van der Waals surface area (Å²) in [7, 11) is 0. The summed E-state index contributed by atoms with van der Waals surface area (Å²) < 4.78 is 2.69. The maximum atomic E-state index is 11.3. The van der Waals surface area contributed by atoms with Crippen molar-refractivity contribution in [2.24, 2.45) is 5.73 Å². The van der Waals surface area contributed by atoms with Gasteiger partial charge in [-0.15, -0.1) is 0 Å². The molecule has 1 unspecified atom stereocenters. The van der Waals surface area contributed by atoms with E-state index in [2.05, 4.69) is 17.7 Å². The van der Waals surface area contributed by atoms with Gasteiger partial charge in [-0.1, -0.05) is 44.4 Å². The Morgan fingerprint density at radius 3 is 2.79 bits per heavy atom. The van der Waals surface area contributed by atoms with Gasteiger partial charge < -0.3 is 5.73 Å². The van der Waals surface area contributed by atoms with Crippen LogP contribution in [0.1, 0.15) is 33.1 Å². The molecular weight excluding hydrogens is 196 g/mol. The fraction of sp³-hybridized carbons (Fsp3) is 0.700. The highest BCUT2D eigenvalue weighted by Gasteiger charge is 2.10. The predicted octanol–water partition coefficient (Wildman–Crippen LogP) is 1.84. The van der Waals surface area contributed by atoms with Crippen LogP contribution in [-0.2, 0) is 4.79 Å². The quantitative estimate of drug-likeness (QED) is 0.504. The molecule has 0 heterocycles. The fourth-order valence-electron chi connectivity index (χ4n) is 0.853. The standard InChI is InChI=1S/C10H20N2OS/c1-3-5-6-7-8-9(11)10(13)12-14-4-2/h6-7,9H,3-5,8,11H2,1-2H3,(H,12,13)/b7-6-. The van der Waals surface area contributed by atoms with E-state index in [9.17, 15) is 4.79 Å². The average Bonchev–Trinajstić information content (AvgIpc) is 2.20. The first-order chi connectivity index (χ1) is 6.72. The maximum Gasteiger partial charge on any atom is 0.247 e. The molecule has 0 bridgehead atoms. The van der Waals surface area contributed by atoms with Gasteiger partial charge in [-0.2, -0.15) is 0 Å². The third-order valence-electron chi connectivity index (χ3n) is 1.67. The molecule has 4 heteroatoms. The highest BCUT2D eigenvalue weighted by Crippen LogP contribution is 1.97. The Morgan fingerprint density at radius 1 is 1.50 bits per heavy atom. The Kier molecular flexibility index (Phi) is 8.78. The summed E-state index contributed by atoms with van der Waals surface area (Å²) in [5.74, 6) is 0.780. The average molecular weight is 216 g/mol. The summed E-state index contributed by atoms with van der Waals surface area (Å²) in [5.41, 5.74) is 5.66. The fourth-order valence-corrected chi connectivity index (χ4v) is 1.29. The molecule has 0 spiro atoms. The van der Waals surface area contributed by atoms with Crippen LogP contribution >= 0.6 is 11.9 Å². The number of unbranched alkanes of at least 4 members (excludes halogenated alkanes) is 1. The molecule has 0 aliphatic heterocycles. The molecule has 3 nitrogen and oxygen atoms in total. The largest absolute Gasteiger partial charge is 0.320 e. The molecule has 0 aromatic carbocycles. The first-order valence-electron chi connectivity index (χ1n) is 5.04. The SMILES string of the molecule is CCC/C=C\CC(N)C(=O)NSCC. The number of carbonyl (C=O) groups is 1. The van der Waals surface area contributed by atoms with Gasteiger partial charge in [-0.3, -0.25) is 9.52 Å². The predicted molar refractivity (Wildman–Crippen MR) is 62.9 cm³/mol. The molecule has 0 rings (SSSR count).